The fourth-order valence-corrected chi connectivity index (χ4v) is 4.31. The van der Waals surface area contributed by atoms with Crippen molar-refractivity contribution in [1.82, 2.24) is 10.2 Å². The summed E-state index contributed by atoms with van der Waals surface area (Å²) in [6, 6.07) is 2.67. The molecule has 1 N–H and O–H groups in total. The number of hydrogen-bond acceptors (Lipinski definition) is 5. The van der Waals surface area contributed by atoms with Crippen LogP contribution in [0.2, 0.25) is 0 Å². The van der Waals surface area contributed by atoms with E-state index < -0.39 is 15.4 Å². The summed E-state index contributed by atoms with van der Waals surface area (Å²) < 4.78 is 22.9. The van der Waals surface area contributed by atoms with Gasteiger partial charge in [-0.05, 0) is 40.7 Å². The smallest absolute Gasteiger partial charge is 0.151 e. The van der Waals surface area contributed by atoms with Crippen LogP contribution in [0.4, 0.5) is 0 Å². The van der Waals surface area contributed by atoms with Gasteiger partial charge >= 0.3 is 0 Å². The van der Waals surface area contributed by atoms with Crippen LogP contribution in [0.25, 0.3) is 0 Å². The molecule has 1 rings (SSSR count). The lowest BCUT2D eigenvalue weighted by molar-refractivity contribution is 0.232. The highest BCUT2D eigenvalue weighted by Crippen LogP contribution is 2.18. The Balaban J connectivity index is 2.50. The van der Waals surface area contributed by atoms with Crippen LogP contribution in [0, 0.1) is 11.3 Å². The van der Waals surface area contributed by atoms with Gasteiger partial charge in [0.1, 0.15) is 5.54 Å². The van der Waals surface area contributed by atoms with Crippen molar-refractivity contribution in [2.75, 3.05) is 25.1 Å². The first-order valence-corrected chi connectivity index (χ1v) is 8.59. The second kappa shape index (κ2) is 6.21. The molecule has 0 aromatic rings. The van der Waals surface area contributed by atoms with Gasteiger partial charge in [-0.3, -0.25) is 5.32 Å². The maximum absolute atomic E-state index is 11.5. The molecule has 1 fully saturated rings. The molecule has 0 aliphatic carbocycles. The summed E-state index contributed by atoms with van der Waals surface area (Å²) in [4.78, 5) is 2.07. The van der Waals surface area contributed by atoms with Crippen molar-refractivity contribution in [1.29, 1.82) is 5.26 Å². The van der Waals surface area contributed by atoms with E-state index in [0.29, 0.717) is 18.6 Å². The highest BCUT2D eigenvalue weighted by atomic mass is 32.2. The van der Waals surface area contributed by atoms with E-state index in [2.05, 4.69) is 16.3 Å². The van der Waals surface area contributed by atoms with Gasteiger partial charge < -0.3 is 4.90 Å². The third-order valence-corrected chi connectivity index (χ3v) is 5.40. The van der Waals surface area contributed by atoms with Crippen LogP contribution in [0.3, 0.4) is 0 Å². The van der Waals surface area contributed by atoms with E-state index in [4.69, 9.17) is 0 Å². The summed E-state index contributed by atoms with van der Waals surface area (Å²) in [7, 11) is -0.898. The minimum atomic E-state index is -2.84. The summed E-state index contributed by atoms with van der Waals surface area (Å²) in [5, 5.41) is 12.5. The van der Waals surface area contributed by atoms with E-state index in [1.54, 1.807) is 0 Å². The lowest BCUT2D eigenvalue weighted by Gasteiger charge is -2.30. The molecule has 0 radical (unpaired) electrons. The number of hydrogen-bond donors (Lipinski definition) is 1. The maximum atomic E-state index is 11.5. The van der Waals surface area contributed by atoms with Gasteiger partial charge in [0, 0.05) is 18.6 Å². The standard InChI is InChI=1S/C13H25N3O2S/c1-11(2)15-13(3,10-14)6-7-16(4)12-5-8-19(17,18)9-12/h11-12,15H,5-9H2,1-4H3. The largest absolute Gasteiger partial charge is 0.302 e. The quantitative estimate of drug-likeness (QED) is 0.781. The fourth-order valence-electron chi connectivity index (χ4n) is 2.50. The average molecular weight is 287 g/mol. The molecule has 0 spiro atoms. The molecule has 19 heavy (non-hydrogen) atoms. The molecule has 1 aliphatic rings. The molecule has 110 valence electrons. The van der Waals surface area contributed by atoms with E-state index in [1.807, 2.05) is 27.8 Å². The fraction of sp³-hybridized carbons (Fsp3) is 0.923. The number of nitrogens with one attached hydrogen (secondary N) is 1. The molecule has 1 saturated heterocycles. The summed E-state index contributed by atoms with van der Waals surface area (Å²) in [6.07, 6.45) is 1.40. The first-order chi connectivity index (χ1) is 8.67. The Labute approximate surface area is 116 Å². The van der Waals surface area contributed by atoms with Gasteiger partial charge in [-0.25, -0.2) is 8.42 Å². The lowest BCUT2D eigenvalue weighted by atomic mass is 9.98. The van der Waals surface area contributed by atoms with E-state index in [0.717, 1.165) is 6.54 Å². The second-order valence-electron chi connectivity index (χ2n) is 6.03. The van der Waals surface area contributed by atoms with Crippen LogP contribution in [0.15, 0.2) is 0 Å². The first kappa shape index (κ1) is 16.4. The van der Waals surface area contributed by atoms with Crippen LogP contribution in [-0.4, -0.2) is 56.0 Å². The number of nitriles is 1. The third-order valence-electron chi connectivity index (χ3n) is 3.65. The maximum Gasteiger partial charge on any atom is 0.151 e. The predicted molar refractivity (Wildman–Crippen MR) is 76.6 cm³/mol. The summed E-state index contributed by atoms with van der Waals surface area (Å²) in [6.45, 7) is 6.65. The monoisotopic (exact) mass is 287 g/mol. The second-order valence-corrected chi connectivity index (χ2v) is 8.26. The summed E-state index contributed by atoms with van der Waals surface area (Å²) in [5.74, 6) is 0.548. The SMILES string of the molecule is CC(C)NC(C)(C#N)CCN(C)C1CCS(=O)(=O)C1. The Morgan fingerprint density at radius 1 is 1.53 bits per heavy atom. The molecule has 0 saturated carbocycles. The van der Waals surface area contributed by atoms with Gasteiger partial charge in [0.15, 0.2) is 9.84 Å². The zero-order valence-corrected chi connectivity index (χ0v) is 13.1. The highest BCUT2D eigenvalue weighted by Gasteiger charge is 2.32. The normalized spacial score (nSPS) is 25.4. The zero-order chi connectivity index (χ0) is 14.7. The highest BCUT2D eigenvalue weighted by molar-refractivity contribution is 7.91. The van der Waals surface area contributed by atoms with Crippen LogP contribution in [0.1, 0.15) is 33.6 Å². The molecule has 1 aliphatic heterocycles. The van der Waals surface area contributed by atoms with Crippen LogP contribution in [-0.2, 0) is 9.84 Å². The molecule has 0 aromatic carbocycles. The van der Waals surface area contributed by atoms with E-state index in [-0.39, 0.29) is 17.8 Å². The lowest BCUT2D eigenvalue weighted by Crippen LogP contribution is -2.47. The van der Waals surface area contributed by atoms with Gasteiger partial charge in [0.25, 0.3) is 0 Å². The van der Waals surface area contributed by atoms with Crippen LogP contribution >= 0.6 is 0 Å². The van der Waals surface area contributed by atoms with Crippen molar-refractivity contribution in [3.05, 3.63) is 0 Å². The Kier molecular flexibility index (Phi) is 5.36. The summed E-state index contributed by atoms with van der Waals surface area (Å²) in [5.41, 5.74) is -0.556. The van der Waals surface area contributed by atoms with Crippen molar-refractivity contribution in [2.24, 2.45) is 0 Å². The molecule has 0 aromatic heterocycles. The van der Waals surface area contributed by atoms with Gasteiger partial charge in [-0.15, -0.1) is 0 Å². The molecule has 0 bridgehead atoms. The molecule has 0 amide bonds. The first-order valence-electron chi connectivity index (χ1n) is 6.77. The molecule has 5 nitrogen and oxygen atoms in total. The summed E-state index contributed by atoms with van der Waals surface area (Å²) >= 11 is 0. The number of rotatable bonds is 6. The van der Waals surface area contributed by atoms with Gasteiger partial charge in [0.2, 0.25) is 0 Å². The van der Waals surface area contributed by atoms with Crippen LogP contribution < -0.4 is 5.32 Å². The molecule has 2 atom stereocenters. The topological polar surface area (TPSA) is 73.2 Å². The van der Waals surface area contributed by atoms with Crippen molar-refractivity contribution >= 4 is 9.84 Å². The predicted octanol–water partition coefficient (Wildman–Crippen LogP) is 0.776. The average Bonchev–Trinajstić information content (AvgIpc) is 2.66. The molecule has 1 heterocycles. The number of sulfone groups is 1. The van der Waals surface area contributed by atoms with Crippen molar-refractivity contribution in [2.45, 2.75) is 51.2 Å². The van der Waals surface area contributed by atoms with Crippen LogP contribution in [0.5, 0.6) is 0 Å². The van der Waals surface area contributed by atoms with Crippen molar-refractivity contribution in [3.63, 3.8) is 0 Å². The number of nitrogens with zero attached hydrogens (tertiary/aromatic N) is 2. The zero-order valence-electron chi connectivity index (χ0n) is 12.3. The Bertz CT molecular complexity index is 441. The van der Waals surface area contributed by atoms with Crippen molar-refractivity contribution < 1.29 is 8.42 Å². The molecular weight excluding hydrogens is 262 g/mol. The van der Waals surface area contributed by atoms with E-state index in [1.165, 1.54) is 0 Å². The van der Waals surface area contributed by atoms with Crippen molar-refractivity contribution in [3.8, 4) is 6.07 Å². The molecule has 2 unspecified atom stereocenters. The van der Waals surface area contributed by atoms with E-state index >= 15 is 0 Å². The van der Waals surface area contributed by atoms with Gasteiger partial charge in [-0.2, -0.15) is 5.26 Å². The van der Waals surface area contributed by atoms with Gasteiger partial charge in [-0.1, -0.05) is 0 Å². The Morgan fingerprint density at radius 3 is 2.58 bits per heavy atom. The molecule has 6 heteroatoms. The van der Waals surface area contributed by atoms with E-state index in [9.17, 15) is 13.7 Å². The minimum Gasteiger partial charge on any atom is -0.302 e. The van der Waals surface area contributed by atoms with Gasteiger partial charge in [0.05, 0.1) is 17.6 Å². The Hall–Kier alpha value is -0.640. The third kappa shape index (κ3) is 5.09. The minimum absolute atomic E-state index is 0.104. The Morgan fingerprint density at radius 2 is 2.16 bits per heavy atom. The molecular formula is C13H25N3O2S.